The zero-order valence-electron chi connectivity index (χ0n) is 15.0. The van der Waals surface area contributed by atoms with E-state index in [0.29, 0.717) is 23.4 Å². The first kappa shape index (κ1) is 18.1. The van der Waals surface area contributed by atoms with Gasteiger partial charge in [-0.15, -0.1) is 11.3 Å². The van der Waals surface area contributed by atoms with Crippen LogP contribution < -0.4 is 0 Å². The van der Waals surface area contributed by atoms with Crippen molar-refractivity contribution in [2.75, 3.05) is 13.1 Å². The van der Waals surface area contributed by atoms with Crippen molar-refractivity contribution in [2.45, 2.75) is 29.9 Å². The maximum Gasteiger partial charge on any atom is 0.253 e. The van der Waals surface area contributed by atoms with Crippen LogP contribution in [0.25, 0.3) is 10.2 Å². The summed E-state index contributed by atoms with van der Waals surface area (Å²) in [4.78, 5) is 19.4. The van der Waals surface area contributed by atoms with Gasteiger partial charge < -0.3 is 4.90 Å². The molecule has 140 valence electrons. The van der Waals surface area contributed by atoms with Gasteiger partial charge in [0.05, 0.1) is 25.4 Å². The number of nitrogens with zero attached hydrogens (tertiary/aromatic N) is 2. The van der Waals surface area contributed by atoms with Crippen molar-refractivity contribution >= 4 is 37.3 Å². The number of hydrogen-bond donors (Lipinski definition) is 0. The Kier molecular flexibility index (Phi) is 4.74. The Labute approximate surface area is 162 Å². The van der Waals surface area contributed by atoms with Crippen molar-refractivity contribution in [1.82, 2.24) is 9.88 Å². The molecule has 0 radical (unpaired) electrons. The first-order valence-electron chi connectivity index (χ1n) is 8.96. The maximum absolute atomic E-state index is 12.9. The molecule has 0 N–H and O–H groups in total. The second-order valence-corrected chi connectivity index (χ2v) is 10.0. The zero-order valence-corrected chi connectivity index (χ0v) is 16.6. The van der Waals surface area contributed by atoms with Crippen LogP contribution in [0.4, 0.5) is 0 Å². The molecular formula is C20H20N2O3S2. The Hall–Kier alpha value is -2.25. The first-order valence-corrected chi connectivity index (χ1v) is 11.3. The van der Waals surface area contributed by atoms with Crippen LogP contribution in [-0.4, -0.2) is 42.5 Å². The Morgan fingerprint density at radius 1 is 1.22 bits per heavy atom. The summed E-state index contributed by atoms with van der Waals surface area (Å²) >= 11 is 1.60. The fourth-order valence-electron chi connectivity index (χ4n) is 3.41. The summed E-state index contributed by atoms with van der Waals surface area (Å²) in [6.07, 6.45) is 1.33. The highest BCUT2D eigenvalue weighted by atomic mass is 32.2. The van der Waals surface area contributed by atoms with Gasteiger partial charge in [0.15, 0.2) is 9.84 Å². The van der Waals surface area contributed by atoms with Gasteiger partial charge in [0.25, 0.3) is 5.91 Å². The predicted molar refractivity (Wildman–Crippen MR) is 107 cm³/mol. The SMILES string of the molecule is CCc1nc2ccc(C(=O)N3CCC(S(=O)(=O)c4ccccc4)C3)cc2s1. The number of fused-ring (bicyclic) bond motifs is 1. The molecule has 1 aliphatic rings. The third kappa shape index (κ3) is 3.37. The zero-order chi connectivity index (χ0) is 19.0. The van der Waals surface area contributed by atoms with E-state index < -0.39 is 15.1 Å². The van der Waals surface area contributed by atoms with Crippen LogP contribution in [-0.2, 0) is 16.3 Å². The molecule has 4 rings (SSSR count). The van der Waals surface area contributed by atoms with Gasteiger partial charge in [-0.05, 0) is 43.2 Å². The van der Waals surface area contributed by atoms with Gasteiger partial charge in [-0.25, -0.2) is 13.4 Å². The lowest BCUT2D eigenvalue weighted by Gasteiger charge is -2.17. The third-order valence-corrected chi connectivity index (χ3v) is 8.28. The predicted octanol–water partition coefficient (Wildman–Crippen LogP) is 3.55. The third-order valence-electron chi connectivity index (χ3n) is 4.92. The molecule has 5 nitrogen and oxygen atoms in total. The van der Waals surface area contributed by atoms with Gasteiger partial charge in [0.2, 0.25) is 0 Å². The summed E-state index contributed by atoms with van der Waals surface area (Å²) in [5.74, 6) is -0.117. The molecule has 27 heavy (non-hydrogen) atoms. The number of carbonyl (C=O) groups excluding carboxylic acids is 1. The quantitative estimate of drug-likeness (QED) is 0.672. The minimum Gasteiger partial charge on any atom is -0.337 e. The fraction of sp³-hybridized carbons (Fsp3) is 0.300. The minimum atomic E-state index is -3.42. The molecule has 2 heterocycles. The fourth-order valence-corrected chi connectivity index (χ4v) is 6.07. The van der Waals surface area contributed by atoms with Crippen LogP contribution in [0.3, 0.4) is 0 Å². The van der Waals surface area contributed by atoms with E-state index in [1.54, 1.807) is 52.6 Å². The molecule has 3 aromatic rings. The van der Waals surface area contributed by atoms with Crippen molar-refractivity contribution in [3.8, 4) is 0 Å². The summed E-state index contributed by atoms with van der Waals surface area (Å²) in [6, 6.07) is 14.0. The number of aromatic nitrogens is 1. The molecular weight excluding hydrogens is 380 g/mol. The van der Waals surface area contributed by atoms with Gasteiger partial charge >= 0.3 is 0 Å². The van der Waals surface area contributed by atoms with Crippen molar-refractivity contribution in [3.63, 3.8) is 0 Å². The molecule has 0 spiro atoms. The van der Waals surface area contributed by atoms with E-state index in [4.69, 9.17) is 0 Å². The molecule has 0 saturated carbocycles. The van der Waals surface area contributed by atoms with E-state index in [2.05, 4.69) is 11.9 Å². The average molecular weight is 401 g/mol. The van der Waals surface area contributed by atoms with Crippen LogP contribution >= 0.6 is 11.3 Å². The number of carbonyl (C=O) groups is 1. The molecule has 1 saturated heterocycles. The lowest BCUT2D eigenvalue weighted by atomic mass is 10.2. The van der Waals surface area contributed by atoms with Crippen molar-refractivity contribution in [2.24, 2.45) is 0 Å². The van der Waals surface area contributed by atoms with Crippen LogP contribution in [0.2, 0.25) is 0 Å². The maximum atomic E-state index is 12.9. The van der Waals surface area contributed by atoms with Gasteiger partial charge in [-0.1, -0.05) is 25.1 Å². The van der Waals surface area contributed by atoms with E-state index in [1.165, 1.54) is 0 Å². The van der Waals surface area contributed by atoms with Crippen molar-refractivity contribution in [3.05, 3.63) is 59.1 Å². The summed E-state index contributed by atoms with van der Waals surface area (Å²) in [5, 5.41) is 0.493. The molecule has 7 heteroatoms. The Morgan fingerprint density at radius 3 is 2.74 bits per heavy atom. The number of hydrogen-bond acceptors (Lipinski definition) is 5. The van der Waals surface area contributed by atoms with Gasteiger partial charge in [-0.2, -0.15) is 0 Å². The number of thiazole rings is 1. The van der Waals surface area contributed by atoms with Gasteiger partial charge in [0.1, 0.15) is 0 Å². The lowest BCUT2D eigenvalue weighted by molar-refractivity contribution is 0.0793. The van der Waals surface area contributed by atoms with E-state index in [0.717, 1.165) is 21.6 Å². The molecule has 1 fully saturated rings. The topological polar surface area (TPSA) is 67.3 Å². The Bertz CT molecular complexity index is 1090. The Balaban J connectivity index is 1.54. The highest BCUT2D eigenvalue weighted by Crippen LogP contribution is 2.27. The number of sulfone groups is 1. The average Bonchev–Trinajstić information content (AvgIpc) is 3.34. The number of rotatable bonds is 4. The molecule has 1 atom stereocenters. The monoisotopic (exact) mass is 400 g/mol. The summed E-state index contributed by atoms with van der Waals surface area (Å²) < 4.78 is 26.6. The van der Waals surface area contributed by atoms with Crippen molar-refractivity contribution in [1.29, 1.82) is 0 Å². The van der Waals surface area contributed by atoms with E-state index in [1.807, 2.05) is 12.1 Å². The van der Waals surface area contributed by atoms with Gasteiger partial charge in [0, 0.05) is 18.7 Å². The second-order valence-electron chi connectivity index (χ2n) is 6.66. The number of likely N-dealkylation sites (tertiary alicyclic amines) is 1. The number of aryl methyl sites for hydroxylation is 1. The van der Waals surface area contributed by atoms with Crippen LogP contribution in [0.5, 0.6) is 0 Å². The molecule has 1 unspecified atom stereocenters. The van der Waals surface area contributed by atoms with E-state index in [-0.39, 0.29) is 12.5 Å². The largest absolute Gasteiger partial charge is 0.337 e. The highest BCUT2D eigenvalue weighted by Gasteiger charge is 2.36. The van der Waals surface area contributed by atoms with Gasteiger partial charge in [-0.3, -0.25) is 4.79 Å². The summed E-state index contributed by atoms with van der Waals surface area (Å²) in [7, 11) is -3.42. The van der Waals surface area contributed by atoms with E-state index >= 15 is 0 Å². The normalized spacial score (nSPS) is 17.5. The Morgan fingerprint density at radius 2 is 2.00 bits per heavy atom. The molecule has 1 aromatic heterocycles. The van der Waals surface area contributed by atoms with Crippen LogP contribution in [0, 0.1) is 0 Å². The smallest absolute Gasteiger partial charge is 0.253 e. The molecule has 1 aliphatic heterocycles. The number of benzene rings is 2. The second kappa shape index (κ2) is 7.05. The standard InChI is InChI=1S/C20H20N2O3S2/c1-2-19-21-17-9-8-14(12-18(17)26-19)20(23)22-11-10-16(13-22)27(24,25)15-6-4-3-5-7-15/h3-9,12,16H,2,10-11,13H2,1H3. The highest BCUT2D eigenvalue weighted by molar-refractivity contribution is 7.92. The van der Waals surface area contributed by atoms with Crippen LogP contribution in [0.1, 0.15) is 28.7 Å². The summed E-state index contributed by atoms with van der Waals surface area (Å²) in [6.45, 7) is 2.74. The molecule has 0 bridgehead atoms. The van der Waals surface area contributed by atoms with Crippen LogP contribution in [0.15, 0.2) is 53.4 Å². The molecule has 0 aliphatic carbocycles. The molecule has 1 amide bonds. The van der Waals surface area contributed by atoms with E-state index in [9.17, 15) is 13.2 Å². The first-order chi connectivity index (χ1) is 13.0. The van der Waals surface area contributed by atoms with Crippen molar-refractivity contribution < 1.29 is 13.2 Å². The lowest BCUT2D eigenvalue weighted by Crippen LogP contribution is -2.31. The molecule has 2 aromatic carbocycles. The number of amides is 1. The minimum absolute atomic E-state index is 0.117. The summed E-state index contributed by atoms with van der Waals surface area (Å²) in [5.41, 5.74) is 1.49.